The third-order valence-electron chi connectivity index (χ3n) is 4.97. The van der Waals surface area contributed by atoms with E-state index >= 15 is 0 Å². The zero-order valence-corrected chi connectivity index (χ0v) is 15.7. The molecule has 1 saturated heterocycles. The lowest BCUT2D eigenvalue weighted by molar-refractivity contribution is -0.128. The summed E-state index contributed by atoms with van der Waals surface area (Å²) in [5, 5.41) is 3.94. The van der Waals surface area contributed by atoms with E-state index in [0.29, 0.717) is 13.2 Å². The molecule has 2 heterocycles. The van der Waals surface area contributed by atoms with Gasteiger partial charge in [0.05, 0.1) is 13.2 Å². The van der Waals surface area contributed by atoms with Crippen LogP contribution in [0.5, 0.6) is 0 Å². The average molecular weight is 364 g/mol. The van der Waals surface area contributed by atoms with Gasteiger partial charge in [-0.05, 0) is 24.5 Å². The third kappa shape index (κ3) is 5.69. The van der Waals surface area contributed by atoms with Crippen molar-refractivity contribution in [2.24, 2.45) is 0 Å². The van der Waals surface area contributed by atoms with Gasteiger partial charge in [-0.1, -0.05) is 25.3 Å². The summed E-state index contributed by atoms with van der Waals surface area (Å²) >= 11 is 2.02. The van der Waals surface area contributed by atoms with E-state index < -0.39 is 0 Å². The van der Waals surface area contributed by atoms with Crippen molar-refractivity contribution >= 4 is 17.7 Å². The minimum Gasteiger partial charge on any atom is -0.379 e. The predicted molar refractivity (Wildman–Crippen MR) is 102 cm³/mol. The molecule has 1 saturated carbocycles. The van der Waals surface area contributed by atoms with E-state index in [1.807, 2.05) is 23.9 Å². The number of hydrogen-bond donors (Lipinski definition) is 1. The Labute approximate surface area is 154 Å². The van der Waals surface area contributed by atoms with Gasteiger partial charge in [0.15, 0.2) is 0 Å². The molecule has 1 aliphatic heterocycles. The van der Waals surface area contributed by atoms with Crippen molar-refractivity contribution in [2.45, 2.75) is 43.4 Å². The molecule has 5 nitrogen and oxygen atoms in total. The number of aromatic nitrogens is 1. The number of hydrogen-bond acceptors (Lipinski definition) is 5. The third-order valence-corrected chi connectivity index (χ3v) is 6.35. The van der Waals surface area contributed by atoms with Gasteiger partial charge < -0.3 is 10.1 Å². The number of amides is 1. The number of rotatable bonds is 7. The highest BCUT2D eigenvalue weighted by Gasteiger charge is 2.29. The molecule has 1 aliphatic carbocycles. The minimum absolute atomic E-state index is 0.0825. The van der Waals surface area contributed by atoms with Gasteiger partial charge >= 0.3 is 0 Å². The molecule has 3 rings (SSSR count). The SMILES string of the molecule is O=C(NCCSC1CCCCC1)[C@H](c1cccnc1)N1CCOCC1. The van der Waals surface area contributed by atoms with Crippen molar-refractivity contribution < 1.29 is 9.53 Å². The lowest BCUT2D eigenvalue weighted by atomic mass is 10.0. The van der Waals surface area contributed by atoms with Crippen LogP contribution in [-0.2, 0) is 9.53 Å². The second-order valence-electron chi connectivity index (χ2n) is 6.76. The highest BCUT2D eigenvalue weighted by molar-refractivity contribution is 7.99. The smallest absolute Gasteiger partial charge is 0.242 e. The van der Waals surface area contributed by atoms with E-state index in [-0.39, 0.29) is 11.9 Å². The van der Waals surface area contributed by atoms with Crippen molar-refractivity contribution in [3.63, 3.8) is 0 Å². The number of morpholine rings is 1. The first kappa shape index (κ1) is 18.7. The van der Waals surface area contributed by atoms with Crippen molar-refractivity contribution in [1.82, 2.24) is 15.2 Å². The maximum absolute atomic E-state index is 12.9. The molecule has 25 heavy (non-hydrogen) atoms. The maximum atomic E-state index is 12.9. The molecule has 0 spiro atoms. The van der Waals surface area contributed by atoms with Crippen LogP contribution in [-0.4, -0.2) is 59.6 Å². The summed E-state index contributed by atoms with van der Waals surface area (Å²) in [5.74, 6) is 1.08. The summed E-state index contributed by atoms with van der Waals surface area (Å²) in [4.78, 5) is 19.3. The van der Waals surface area contributed by atoms with Gasteiger partial charge in [-0.3, -0.25) is 14.7 Å². The summed E-state index contributed by atoms with van der Waals surface area (Å²) in [5.41, 5.74) is 0.960. The van der Waals surface area contributed by atoms with Crippen molar-refractivity contribution in [3.8, 4) is 0 Å². The number of nitrogens with one attached hydrogen (secondary N) is 1. The number of pyridine rings is 1. The molecule has 1 aromatic heterocycles. The van der Waals surface area contributed by atoms with Crippen LogP contribution in [0.25, 0.3) is 0 Å². The van der Waals surface area contributed by atoms with Gasteiger partial charge in [-0.15, -0.1) is 0 Å². The lowest BCUT2D eigenvalue weighted by Crippen LogP contribution is -2.46. The molecular formula is C19H29N3O2S. The molecule has 0 aromatic carbocycles. The monoisotopic (exact) mass is 363 g/mol. The Kier molecular flexibility index (Phi) is 7.57. The van der Waals surface area contributed by atoms with Crippen LogP contribution in [0.3, 0.4) is 0 Å². The molecule has 1 N–H and O–H groups in total. The summed E-state index contributed by atoms with van der Waals surface area (Å²) < 4.78 is 5.44. The quantitative estimate of drug-likeness (QED) is 0.755. The molecule has 0 unspecified atom stereocenters. The van der Waals surface area contributed by atoms with E-state index in [4.69, 9.17) is 4.74 Å². The number of ether oxygens (including phenoxy) is 1. The fourth-order valence-corrected chi connectivity index (χ4v) is 4.85. The molecule has 0 bridgehead atoms. The average Bonchev–Trinajstić information content (AvgIpc) is 2.68. The topological polar surface area (TPSA) is 54.5 Å². The van der Waals surface area contributed by atoms with Gasteiger partial charge in [0.25, 0.3) is 0 Å². The Bertz CT molecular complexity index is 517. The van der Waals surface area contributed by atoms with Gasteiger partial charge in [0.2, 0.25) is 5.91 Å². The largest absolute Gasteiger partial charge is 0.379 e. The highest BCUT2D eigenvalue weighted by atomic mass is 32.2. The number of carbonyl (C=O) groups excluding carboxylic acids is 1. The van der Waals surface area contributed by atoms with Crippen molar-refractivity contribution in [2.75, 3.05) is 38.6 Å². The predicted octanol–water partition coefficient (Wildman–Crippen LogP) is 2.64. The van der Waals surface area contributed by atoms with Gasteiger partial charge in [0, 0.05) is 43.0 Å². The first-order valence-electron chi connectivity index (χ1n) is 9.45. The number of nitrogens with zero attached hydrogens (tertiary/aromatic N) is 2. The zero-order chi connectivity index (χ0) is 17.3. The normalized spacial score (nSPS) is 21.0. The molecule has 2 aliphatic rings. The molecule has 1 amide bonds. The highest BCUT2D eigenvalue weighted by Crippen LogP contribution is 2.28. The molecule has 138 valence electrons. The van der Waals surface area contributed by atoms with Gasteiger partial charge in [-0.2, -0.15) is 11.8 Å². The molecule has 6 heteroatoms. The fraction of sp³-hybridized carbons (Fsp3) is 0.684. The minimum atomic E-state index is -0.266. The molecule has 0 radical (unpaired) electrons. The van der Waals surface area contributed by atoms with E-state index in [1.54, 1.807) is 12.4 Å². The van der Waals surface area contributed by atoms with Crippen LogP contribution in [0.15, 0.2) is 24.5 Å². The molecule has 1 atom stereocenters. The summed E-state index contributed by atoms with van der Waals surface area (Å²) in [6.07, 6.45) is 10.3. The van der Waals surface area contributed by atoms with Crippen LogP contribution in [0.4, 0.5) is 0 Å². The van der Waals surface area contributed by atoms with Crippen LogP contribution in [0, 0.1) is 0 Å². The van der Waals surface area contributed by atoms with E-state index in [2.05, 4.69) is 15.2 Å². The van der Waals surface area contributed by atoms with Gasteiger partial charge in [-0.25, -0.2) is 0 Å². The maximum Gasteiger partial charge on any atom is 0.242 e. The lowest BCUT2D eigenvalue weighted by Gasteiger charge is -2.33. The summed E-state index contributed by atoms with van der Waals surface area (Å²) in [6.45, 7) is 3.66. The summed E-state index contributed by atoms with van der Waals surface area (Å²) in [6, 6.07) is 3.62. The van der Waals surface area contributed by atoms with E-state index in [9.17, 15) is 4.79 Å². The van der Waals surface area contributed by atoms with Crippen LogP contribution in [0.2, 0.25) is 0 Å². The van der Waals surface area contributed by atoms with Crippen molar-refractivity contribution in [1.29, 1.82) is 0 Å². The van der Waals surface area contributed by atoms with Crippen molar-refractivity contribution in [3.05, 3.63) is 30.1 Å². The van der Waals surface area contributed by atoms with E-state index in [1.165, 1.54) is 32.1 Å². The Morgan fingerprint density at radius 1 is 1.32 bits per heavy atom. The molecule has 1 aromatic rings. The number of thioether (sulfide) groups is 1. The van der Waals surface area contributed by atoms with Crippen LogP contribution < -0.4 is 5.32 Å². The van der Waals surface area contributed by atoms with Gasteiger partial charge in [0.1, 0.15) is 6.04 Å². The Morgan fingerprint density at radius 2 is 2.12 bits per heavy atom. The first-order chi connectivity index (χ1) is 12.3. The zero-order valence-electron chi connectivity index (χ0n) is 14.9. The van der Waals surface area contributed by atoms with E-state index in [0.717, 1.165) is 36.2 Å². The first-order valence-corrected chi connectivity index (χ1v) is 10.5. The van der Waals surface area contributed by atoms with Crippen LogP contribution >= 0.6 is 11.8 Å². The molecule has 2 fully saturated rings. The second kappa shape index (κ2) is 10.1. The fourth-order valence-electron chi connectivity index (χ4n) is 3.63. The Hall–Kier alpha value is -1.11. The summed E-state index contributed by atoms with van der Waals surface area (Å²) in [7, 11) is 0. The van der Waals surface area contributed by atoms with Crippen LogP contribution in [0.1, 0.15) is 43.7 Å². The standard InChI is InChI=1S/C19H29N3O2S/c23-19(21-9-14-25-17-6-2-1-3-7-17)18(16-5-4-8-20-15-16)22-10-12-24-13-11-22/h4-5,8,15,17-18H,1-3,6-7,9-14H2,(H,21,23)/t18-/m0/s1. The Balaban J connectivity index is 1.51. The number of carbonyl (C=O) groups is 1. The molecular weight excluding hydrogens is 334 g/mol. The second-order valence-corrected chi connectivity index (χ2v) is 8.17. The Morgan fingerprint density at radius 3 is 2.84 bits per heavy atom.